The summed E-state index contributed by atoms with van der Waals surface area (Å²) in [7, 11) is 0. The van der Waals surface area contributed by atoms with Crippen LogP contribution in [0.2, 0.25) is 4.34 Å². The molecule has 0 N–H and O–H groups in total. The molecule has 0 amide bonds. The molecule has 3 nitrogen and oxygen atoms in total. The Morgan fingerprint density at radius 3 is 2.85 bits per heavy atom. The second kappa shape index (κ2) is 8.35. The minimum absolute atomic E-state index is 0.652. The number of halogens is 1. The average Bonchev–Trinajstić information content (AvgIpc) is 2.85. The molecule has 2 heterocycles. The van der Waals surface area contributed by atoms with Gasteiger partial charge in [-0.2, -0.15) is 0 Å². The molecule has 1 fully saturated rings. The van der Waals surface area contributed by atoms with Gasteiger partial charge in [-0.05, 0) is 25.5 Å². The predicted molar refractivity (Wildman–Crippen MR) is 86.8 cm³/mol. The molecular weight excluding hydrogens is 292 g/mol. The monoisotopic (exact) mass is 316 g/mol. The number of hydrogen-bond acceptors (Lipinski definition) is 4. The summed E-state index contributed by atoms with van der Waals surface area (Å²) in [4.78, 5) is 6.49. The molecular formula is C15H25ClN2OS. The van der Waals surface area contributed by atoms with Crippen molar-refractivity contribution in [3.8, 4) is 0 Å². The van der Waals surface area contributed by atoms with Crippen molar-refractivity contribution >= 4 is 22.9 Å². The first kappa shape index (κ1) is 16.2. The van der Waals surface area contributed by atoms with Crippen molar-refractivity contribution < 1.29 is 4.74 Å². The quantitative estimate of drug-likeness (QED) is 0.718. The van der Waals surface area contributed by atoms with Gasteiger partial charge in [0.2, 0.25) is 0 Å². The molecule has 0 radical (unpaired) electrons. The van der Waals surface area contributed by atoms with E-state index in [-0.39, 0.29) is 0 Å². The maximum atomic E-state index is 6.01. The third-order valence-electron chi connectivity index (χ3n) is 3.90. The summed E-state index contributed by atoms with van der Waals surface area (Å²) in [6.45, 7) is 11.5. The summed E-state index contributed by atoms with van der Waals surface area (Å²) in [6.07, 6.45) is 1.20. The van der Waals surface area contributed by atoms with Crippen LogP contribution in [0, 0.1) is 0 Å². The van der Waals surface area contributed by atoms with E-state index in [0.717, 1.165) is 50.3 Å². The molecule has 0 aliphatic carbocycles. The summed E-state index contributed by atoms with van der Waals surface area (Å²) < 4.78 is 6.38. The Labute approximate surface area is 131 Å². The first-order valence-electron chi connectivity index (χ1n) is 7.51. The molecule has 1 saturated heterocycles. The van der Waals surface area contributed by atoms with Crippen LogP contribution in [0.3, 0.4) is 0 Å². The lowest BCUT2D eigenvalue weighted by Crippen LogP contribution is -2.53. The zero-order valence-corrected chi connectivity index (χ0v) is 14.1. The summed E-state index contributed by atoms with van der Waals surface area (Å²) >= 11 is 7.70. The van der Waals surface area contributed by atoms with Gasteiger partial charge in [-0.25, -0.2) is 0 Å². The van der Waals surface area contributed by atoms with Crippen molar-refractivity contribution in [1.82, 2.24) is 9.80 Å². The third-order valence-corrected chi connectivity index (χ3v) is 5.11. The van der Waals surface area contributed by atoms with Gasteiger partial charge < -0.3 is 4.74 Å². The minimum atomic E-state index is 0.652. The van der Waals surface area contributed by atoms with E-state index in [9.17, 15) is 0 Å². The van der Waals surface area contributed by atoms with E-state index in [4.69, 9.17) is 16.3 Å². The van der Waals surface area contributed by atoms with Crippen molar-refractivity contribution in [1.29, 1.82) is 0 Å². The normalized spacial score (nSPS) is 21.4. The fourth-order valence-corrected chi connectivity index (χ4v) is 3.90. The second-order valence-electron chi connectivity index (χ2n) is 5.24. The summed E-state index contributed by atoms with van der Waals surface area (Å²) in [5, 5.41) is 0. The smallest absolute Gasteiger partial charge is 0.0931 e. The van der Waals surface area contributed by atoms with Gasteiger partial charge in [0.1, 0.15) is 0 Å². The molecule has 0 bridgehead atoms. The van der Waals surface area contributed by atoms with E-state index < -0.39 is 0 Å². The molecule has 1 aliphatic heterocycles. The summed E-state index contributed by atoms with van der Waals surface area (Å²) in [6, 6.07) is 4.80. The Morgan fingerprint density at radius 1 is 1.35 bits per heavy atom. The Bertz CT molecular complexity index is 399. The van der Waals surface area contributed by atoms with E-state index in [1.165, 1.54) is 11.3 Å². The first-order chi connectivity index (χ1) is 9.72. The van der Waals surface area contributed by atoms with Crippen LogP contribution < -0.4 is 0 Å². The highest BCUT2D eigenvalue weighted by atomic mass is 35.5. The molecule has 1 aliphatic rings. The fraction of sp³-hybridized carbons (Fsp3) is 0.733. The maximum absolute atomic E-state index is 6.01. The number of hydrogen-bond donors (Lipinski definition) is 0. The highest BCUT2D eigenvalue weighted by molar-refractivity contribution is 7.16. The van der Waals surface area contributed by atoms with E-state index in [0.29, 0.717) is 6.04 Å². The number of thiophene rings is 1. The van der Waals surface area contributed by atoms with Gasteiger partial charge in [0.05, 0.1) is 10.9 Å². The average molecular weight is 317 g/mol. The number of rotatable bonds is 7. The molecule has 0 unspecified atom stereocenters. The number of nitrogens with zero attached hydrogens (tertiary/aromatic N) is 2. The largest absolute Gasteiger partial charge is 0.380 e. The standard InChI is InChI=1S/C15H25ClN2OS/c1-3-13-11-17(12-14-5-6-15(16)20-14)7-8-18(13)9-10-19-4-2/h5-6,13H,3-4,7-12H2,1-2H3/t13-/m1/s1. The van der Waals surface area contributed by atoms with Crippen LogP contribution in [0.1, 0.15) is 25.1 Å². The van der Waals surface area contributed by atoms with Gasteiger partial charge in [-0.3, -0.25) is 9.80 Å². The molecule has 0 aromatic carbocycles. The highest BCUT2D eigenvalue weighted by Gasteiger charge is 2.25. The van der Waals surface area contributed by atoms with E-state index in [1.807, 2.05) is 6.07 Å². The van der Waals surface area contributed by atoms with Crippen LogP contribution >= 0.6 is 22.9 Å². The Hall–Kier alpha value is -0.130. The van der Waals surface area contributed by atoms with Crippen LogP contribution in [0.15, 0.2) is 12.1 Å². The molecule has 1 aromatic rings. The predicted octanol–water partition coefficient (Wildman–Crippen LogP) is 3.33. The van der Waals surface area contributed by atoms with Gasteiger partial charge in [-0.1, -0.05) is 18.5 Å². The van der Waals surface area contributed by atoms with Crippen LogP contribution in [0.4, 0.5) is 0 Å². The topological polar surface area (TPSA) is 15.7 Å². The van der Waals surface area contributed by atoms with Gasteiger partial charge in [0.25, 0.3) is 0 Å². The van der Waals surface area contributed by atoms with Crippen molar-refractivity contribution in [2.75, 3.05) is 39.4 Å². The van der Waals surface area contributed by atoms with Gasteiger partial charge in [0.15, 0.2) is 0 Å². The maximum Gasteiger partial charge on any atom is 0.0931 e. The molecule has 5 heteroatoms. The zero-order valence-electron chi connectivity index (χ0n) is 12.5. The van der Waals surface area contributed by atoms with Crippen LogP contribution in [-0.2, 0) is 11.3 Å². The van der Waals surface area contributed by atoms with Crippen LogP contribution in [0.5, 0.6) is 0 Å². The second-order valence-corrected chi connectivity index (χ2v) is 7.04. The third kappa shape index (κ3) is 4.71. The Kier molecular flexibility index (Phi) is 6.78. The molecule has 1 aromatic heterocycles. The molecule has 2 rings (SSSR count). The number of ether oxygens (including phenoxy) is 1. The zero-order chi connectivity index (χ0) is 14.4. The van der Waals surface area contributed by atoms with Crippen molar-refractivity contribution in [2.45, 2.75) is 32.9 Å². The van der Waals surface area contributed by atoms with E-state index in [1.54, 1.807) is 11.3 Å². The van der Waals surface area contributed by atoms with Gasteiger partial charge >= 0.3 is 0 Å². The first-order valence-corrected chi connectivity index (χ1v) is 8.70. The molecule has 1 atom stereocenters. The number of piperazine rings is 1. The lowest BCUT2D eigenvalue weighted by molar-refractivity contribution is 0.0389. The molecule has 20 heavy (non-hydrogen) atoms. The van der Waals surface area contributed by atoms with E-state index in [2.05, 4.69) is 29.7 Å². The minimum Gasteiger partial charge on any atom is -0.380 e. The Morgan fingerprint density at radius 2 is 2.20 bits per heavy atom. The Balaban J connectivity index is 1.81. The molecule has 0 saturated carbocycles. The van der Waals surface area contributed by atoms with Crippen molar-refractivity contribution in [3.63, 3.8) is 0 Å². The lowest BCUT2D eigenvalue weighted by Gasteiger charge is -2.41. The fourth-order valence-electron chi connectivity index (χ4n) is 2.77. The summed E-state index contributed by atoms with van der Waals surface area (Å²) in [5.41, 5.74) is 0. The summed E-state index contributed by atoms with van der Waals surface area (Å²) in [5.74, 6) is 0. The molecule has 114 valence electrons. The van der Waals surface area contributed by atoms with Gasteiger partial charge in [0, 0.05) is 50.2 Å². The van der Waals surface area contributed by atoms with E-state index >= 15 is 0 Å². The van der Waals surface area contributed by atoms with Crippen molar-refractivity contribution in [3.05, 3.63) is 21.3 Å². The van der Waals surface area contributed by atoms with Crippen molar-refractivity contribution in [2.24, 2.45) is 0 Å². The highest BCUT2D eigenvalue weighted by Crippen LogP contribution is 2.24. The SMILES string of the molecule is CCOCCN1CCN(Cc2ccc(Cl)s2)C[C@H]1CC. The van der Waals surface area contributed by atoms with Crippen LogP contribution in [0.25, 0.3) is 0 Å². The molecule has 0 spiro atoms. The van der Waals surface area contributed by atoms with Gasteiger partial charge in [-0.15, -0.1) is 11.3 Å². The lowest BCUT2D eigenvalue weighted by atomic mass is 10.1. The van der Waals surface area contributed by atoms with Crippen LogP contribution in [-0.4, -0.2) is 55.2 Å².